The van der Waals surface area contributed by atoms with Crippen molar-refractivity contribution in [3.05, 3.63) is 29.3 Å². The number of aliphatic hydroxyl groups excluding tert-OH is 1. The smallest absolute Gasteiger partial charge is 0.157 e. The minimum atomic E-state index is -0.153. The van der Waals surface area contributed by atoms with Crippen LogP contribution in [0.4, 0.5) is 0 Å². The first-order valence-corrected chi connectivity index (χ1v) is 3.93. The predicted octanol–water partition coefficient (Wildman–Crippen LogP) is 1.49. The third-order valence-electron chi connectivity index (χ3n) is 1.66. The first-order valence-electron chi connectivity index (χ1n) is 3.93. The van der Waals surface area contributed by atoms with Gasteiger partial charge in [0, 0.05) is 0 Å². The van der Waals surface area contributed by atoms with E-state index >= 15 is 0 Å². The van der Waals surface area contributed by atoms with Gasteiger partial charge < -0.3 is 15.3 Å². The minimum absolute atomic E-state index is 0.0123. The van der Waals surface area contributed by atoms with Crippen LogP contribution in [0.15, 0.2) is 23.8 Å². The van der Waals surface area contributed by atoms with E-state index in [2.05, 4.69) is 0 Å². The van der Waals surface area contributed by atoms with Crippen molar-refractivity contribution < 1.29 is 15.3 Å². The Kier molecular flexibility index (Phi) is 2.93. The summed E-state index contributed by atoms with van der Waals surface area (Å²) in [7, 11) is 0. The van der Waals surface area contributed by atoms with E-state index in [1.807, 2.05) is 0 Å². The standard InChI is InChI=1S/C10H12O3/c1-7(6-11)4-8-2-3-9(12)10(13)5-8/h2-5,11-13H,6H2,1H3. The fourth-order valence-electron chi connectivity index (χ4n) is 0.960. The molecule has 0 bridgehead atoms. The van der Waals surface area contributed by atoms with E-state index in [9.17, 15) is 0 Å². The molecule has 0 aromatic heterocycles. The van der Waals surface area contributed by atoms with Crippen LogP contribution < -0.4 is 0 Å². The third-order valence-corrected chi connectivity index (χ3v) is 1.66. The molecule has 1 aromatic rings. The third kappa shape index (κ3) is 2.49. The number of phenols is 2. The summed E-state index contributed by atoms with van der Waals surface area (Å²) in [5, 5.41) is 26.9. The van der Waals surface area contributed by atoms with Gasteiger partial charge in [-0.2, -0.15) is 0 Å². The van der Waals surface area contributed by atoms with Crippen LogP contribution in [0.25, 0.3) is 6.08 Å². The zero-order valence-corrected chi connectivity index (χ0v) is 7.36. The summed E-state index contributed by atoms with van der Waals surface area (Å²) in [5.74, 6) is -0.293. The summed E-state index contributed by atoms with van der Waals surface area (Å²) in [5.41, 5.74) is 1.55. The highest BCUT2D eigenvalue weighted by Crippen LogP contribution is 2.25. The van der Waals surface area contributed by atoms with E-state index in [-0.39, 0.29) is 18.1 Å². The zero-order chi connectivity index (χ0) is 9.84. The van der Waals surface area contributed by atoms with Crippen molar-refractivity contribution in [3.63, 3.8) is 0 Å². The molecule has 3 N–H and O–H groups in total. The highest BCUT2D eigenvalue weighted by atomic mass is 16.3. The zero-order valence-electron chi connectivity index (χ0n) is 7.36. The molecule has 0 aliphatic heterocycles. The van der Waals surface area contributed by atoms with Crippen LogP contribution in [0.2, 0.25) is 0 Å². The molecule has 0 radical (unpaired) electrons. The summed E-state index contributed by atoms with van der Waals surface area (Å²) in [6, 6.07) is 4.51. The van der Waals surface area contributed by atoms with Crippen molar-refractivity contribution >= 4 is 6.08 Å². The molecule has 0 aliphatic rings. The molecule has 0 amide bonds. The molecule has 0 saturated heterocycles. The minimum Gasteiger partial charge on any atom is -0.504 e. The van der Waals surface area contributed by atoms with E-state index in [0.717, 1.165) is 11.1 Å². The average Bonchev–Trinajstić information content (AvgIpc) is 2.11. The van der Waals surface area contributed by atoms with E-state index in [4.69, 9.17) is 15.3 Å². The lowest BCUT2D eigenvalue weighted by Gasteiger charge is -2.00. The highest BCUT2D eigenvalue weighted by molar-refractivity contribution is 5.57. The van der Waals surface area contributed by atoms with Crippen molar-refractivity contribution in [3.8, 4) is 11.5 Å². The SMILES string of the molecule is CC(=Cc1ccc(O)c(O)c1)CO. The normalized spacial score (nSPS) is 11.7. The second-order valence-corrected chi connectivity index (χ2v) is 2.90. The summed E-state index contributed by atoms with van der Waals surface area (Å²) in [4.78, 5) is 0. The van der Waals surface area contributed by atoms with Crippen molar-refractivity contribution in [2.75, 3.05) is 6.61 Å². The number of hydrogen-bond donors (Lipinski definition) is 3. The summed E-state index contributed by atoms with van der Waals surface area (Å²) >= 11 is 0. The number of phenolic OH excluding ortho intramolecular Hbond substituents is 2. The lowest BCUT2D eigenvalue weighted by molar-refractivity contribution is 0.332. The fraction of sp³-hybridized carbons (Fsp3) is 0.200. The molecule has 0 spiro atoms. The molecule has 13 heavy (non-hydrogen) atoms. The first-order chi connectivity index (χ1) is 6.13. The number of benzene rings is 1. The summed E-state index contributed by atoms with van der Waals surface area (Å²) in [6.45, 7) is 1.77. The second-order valence-electron chi connectivity index (χ2n) is 2.90. The molecule has 0 aliphatic carbocycles. The maximum Gasteiger partial charge on any atom is 0.157 e. The van der Waals surface area contributed by atoms with Crippen LogP contribution in [0.3, 0.4) is 0 Å². The van der Waals surface area contributed by atoms with E-state index < -0.39 is 0 Å². The van der Waals surface area contributed by atoms with Gasteiger partial charge in [0.15, 0.2) is 11.5 Å². The van der Waals surface area contributed by atoms with Gasteiger partial charge in [0.25, 0.3) is 0 Å². The molecule has 0 fully saturated rings. The Morgan fingerprint density at radius 3 is 2.54 bits per heavy atom. The first kappa shape index (κ1) is 9.61. The van der Waals surface area contributed by atoms with Gasteiger partial charge in [-0.3, -0.25) is 0 Å². The van der Waals surface area contributed by atoms with Gasteiger partial charge in [0.1, 0.15) is 0 Å². The van der Waals surface area contributed by atoms with Gasteiger partial charge >= 0.3 is 0 Å². The topological polar surface area (TPSA) is 60.7 Å². The van der Waals surface area contributed by atoms with Crippen molar-refractivity contribution in [1.29, 1.82) is 0 Å². The van der Waals surface area contributed by atoms with Crippen LogP contribution in [0.1, 0.15) is 12.5 Å². The Bertz CT molecular complexity index is 329. The van der Waals surface area contributed by atoms with Crippen molar-refractivity contribution in [2.24, 2.45) is 0 Å². The molecule has 3 heteroatoms. The van der Waals surface area contributed by atoms with Crippen LogP contribution in [0, 0.1) is 0 Å². The summed E-state index contributed by atoms with van der Waals surface area (Å²) < 4.78 is 0. The van der Waals surface area contributed by atoms with Crippen LogP contribution in [-0.2, 0) is 0 Å². The molecule has 0 saturated carbocycles. The lowest BCUT2D eigenvalue weighted by Crippen LogP contribution is -1.83. The van der Waals surface area contributed by atoms with E-state index in [0.29, 0.717) is 0 Å². The molecule has 1 rings (SSSR count). The van der Waals surface area contributed by atoms with Gasteiger partial charge in [0.2, 0.25) is 0 Å². The van der Waals surface area contributed by atoms with Gasteiger partial charge in [-0.1, -0.05) is 12.1 Å². The fourth-order valence-corrected chi connectivity index (χ4v) is 0.960. The highest BCUT2D eigenvalue weighted by Gasteiger charge is 1.98. The second kappa shape index (κ2) is 3.96. The average molecular weight is 180 g/mol. The Hall–Kier alpha value is -1.48. The maximum atomic E-state index is 9.14. The van der Waals surface area contributed by atoms with Crippen molar-refractivity contribution in [1.82, 2.24) is 0 Å². The largest absolute Gasteiger partial charge is 0.504 e. The predicted molar refractivity (Wildman–Crippen MR) is 50.5 cm³/mol. The molecular formula is C10H12O3. The Balaban J connectivity index is 2.98. The molecule has 1 aromatic carbocycles. The van der Waals surface area contributed by atoms with Crippen LogP contribution in [-0.4, -0.2) is 21.9 Å². The number of hydrogen-bond acceptors (Lipinski definition) is 3. The summed E-state index contributed by atoms with van der Waals surface area (Å²) in [6.07, 6.45) is 1.74. The Labute approximate surface area is 76.6 Å². The molecule has 0 unspecified atom stereocenters. The Morgan fingerprint density at radius 2 is 2.00 bits per heavy atom. The molecular weight excluding hydrogens is 168 g/mol. The monoisotopic (exact) mass is 180 g/mol. The van der Waals surface area contributed by atoms with Crippen molar-refractivity contribution in [2.45, 2.75) is 6.92 Å². The van der Waals surface area contributed by atoms with E-state index in [1.54, 1.807) is 19.1 Å². The van der Waals surface area contributed by atoms with E-state index in [1.165, 1.54) is 12.1 Å². The molecule has 0 atom stereocenters. The number of aromatic hydroxyl groups is 2. The van der Waals surface area contributed by atoms with Gasteiger partial charge in [0.05, 0.1) is 6.61 Å². The quantitative estimate of drug-likeness (QED) is 0.604. The van der Waals surface area contributed by atoms with Crippen LogP contribution >= 0.6 is 0 Å². The number of aliphatic hydroxyl groups is 1. The molecule has 0 heterocycles. The van der Waals surface area contributed by atoms with Gasteiger partial charge in [-0.25, -0.2) is 0 Å². The maximum absolute atomic E-state index is 9.14. The number of rotatable bonds is 2. The molecule has 3 nitrogen and oxygen atoms in total. The van der Waals surface area contributed by atoms with Gasteiger partial charge in [-0.05, 0) is 30.2 Å². The van der Waals surface area contributed by atoms with Crippen LogP contribution in [0.5, 0.6) is 11.5 Å². The Morgan fingerprint density at radius 1 is 1.31 bits per heavy atom. The molecule has 70 valence electrons. The van der Waals surface area contributed by atoms with Gasteiger partial charge in [-0.15, -0.1) is 0 Å². The lowest BCUT2D eigenvalue weighted by atomic mass is 10.1.